The maximum atomic E-state index is 10.6. The molecular weight excluding hydrogens is 158 g/mol. The molecule has 0 aliphatic carbocycles. The molecule has 3 N–H and O–H groups in total. The van der Waals surface area contributed by atoms with Crippen LogP contribution >= 0.6 is 0 Å². The van der Waals surface area contributed by atoms with Crippen molar-refractivity contribution in [3.63, 3.8) is 0 Å². The predicted octanol–water partition coefficient (Wildman–Crippen LogP) is -0.352. The van der Waals surface area contributed by atoms with Gasteiger partial charge in [-0.3, -0.25) is 4.79 Å². The van der Waals surface area contributed by atoms with Crippen LogP contribution in [0.4, 0.5) is 0 Å². The van der Waals surface area contributed by atoms with Crippen molar-refractivity contribution >= 4 is 5.91 Å². The van der Waals surface area contributed by atoms with Crippen molar-refractivity contribution in [3.05, 3.63) is 0 Å². The number of aliphatic hydroxyl groups is 2. The summed E-state index contributed by atoms with van der Waals surface area (Å²) in [6.07, 6.45) is 4.18. The average molecular weight is 175 g/mol. The zero-order valence-electron chi connectivity index (χ0n) is 7.25. The highest BCUT2D eigenvalue weighted by Gasteiger charge is 2.03. The number of hydrogen-bond acceptors (Lipinski definition) is 3. The second kappa shape index (κ2) is 8.49. The third-order valence-electron chi connectivity index (χ3n) is 1.50. The van der Waals surface area contributed by atoms with Crippen LogP contribution in [0.5, 0.6) is 0 Å². The molecule has 1 fully saturated rings. The molecule has 0 bridgehead atoms. The van der Waals surface area contributed by atoms with Crippen molar-refractivity contribution in [2.24, 2.45) is 0 Å². The van der Waals surface area contributed by atoms with Crippen molar-refractivity contribution < 1.29 is 15.0 Å². The Labute approximate surface area is 72.6 Å². The first-order valence-electron chi connectivity index (χ1n) is 4.29. The van der Waals surface area contributed by atoms with Crippen molar-refractivity contribution in [1.29, 1.82) is 0 Å². The van der Waals surface area contributed by atoms with Crippen LogP contribution in [0.15, 0.2) is 0 Å². The number of nitrogens with one attached hydrogen (secondary N) is 1. The van der Waals surface area contributed by atoms with Gasteiger partial charge in [0.2, 0.25) is 5.91 Å². The number of carbonyl (C=O) groups excluding carboxylic acids is 1. The number of aliphatic hydroxyl groups excluding tert-OH is 2. The summed E-state index contributed by atoms with van der Waals surface area (Å²) in [6, 6.07) is 0. The van der Waals surface area contributed by atoms with Crippen LogP contribution in [0.2, 0.25) is 0 Å². The van der Waals surface area contributed by atoms with Crippen LogP contribution in [0.3, 0.4) is 0 Å². The third kappa shape index (κ3) is 7.50. The number of hydrogen-bond donors (Lipinski definition) is 3. The summed E-state index contributed by atoms with van der Waals surface area (Å²) in [5, 5.41) is 18.1. The Morgan fingerprint density at radius 1 is 1.17 bits per heavy atom. The highest BCUT2D eigenvalue weighted by Crippen LogP contribution is 2.02. The van der Waals surface area contributed by atoms with Gasteiger partial charge in [0, 0.05) is 13.0 Å². The molecule has 12 heavy (non-hydrogen) atoms. The molecule has 1 aliphatic heterocycles. The van der Waals surface area contributed by atoms with E-state index in [0.29, 0.717) is 0 Å². The topological polar surface area (TPSA) is 69.6 Å². The van der Waals surface area contributed by atoms with E-state index in [0.717, 1.165) is 25.8 Å². The van der Waals surface area contributed by atoms with Crippen LogP contribution in [-0.4, -0.2) is 35.9 Å². The molecule has 0 unspecified atom stereocenters. The van der Waals surface area contributed by atoms with Gasteiger partial charge >= 0.3 is 0 Å². The summed E-state index contributed by atoms with van der Waals surface area (Å²) in [6.45, 7) is 0.638. The lowest BCUT2D eigenvalue weighted by atomic mass is 10.2. The van der Waals surface area contributed by atoms with E-state index in [4.69, 9.17) is 10.2 Å². The Kier molecular flexibility index (Phi) is 8.05. The lowest BCUT2D eigenvalue weighted by Crippen LogP contribution is -2.21. The highest BCUT2D eigenvalue weighted by atomic mass is 16.3. The van der Waals surface area contributed by atoms with Crippen molar-refractivity contribution in [2.45, 2.75) is 25.7 Å². The maximum absolute atomic E-state index is 10.6. The smallest absolute Gasteiger partial charge is 0.219 e. The fraction of sp³-hybridized carbons (Fsp3) is 0.875. The third-order valence-corrected chi connectivity index (χ3v) is 1.50. The Morgan fingerprint density at radius 2 is 1.83 bits per heavy atom. The lowest BCUT2D eigenvalue weighted by molar-refractivity contribution is -0.120. The number of carbonyl (C=O) groups is 1. The van der Waals surface area contributed by atoms with E-state index in [2.05, 4.69) is 5.32 Å². The van der Waals surface area contributed by atoms with Gasteiger partial charge in [0.1, 0.15) is 0 Å². The van der Waals surface area contributed by atoms with Crippen LogP contribution in [0, 0.1) is 0 Å². The summed E-state index contributed by atoms with van der Waals surface area (Å²) in [5.41, 5.74) is 0. The van der Waals surface area contributed by atoms with Crippen LogP contribution in [-0.2, 0) is 4.79 Å². The Bertz CT molecular complexity index is 105. The molecule has 1 rings (SSSR count). The SMILES string of the molecule is O=C1CCCCCN1.OCCO. The predicted molar refractivity (Wildman–Crippen MR) is 45.6 cm³/mol. The molecule has 72 valence electrons. The van der Waals surface area contributed by atoms with Gasteiger partial charge in [-0.2, -0.15) is 0 Å². The summed E-state index contributed by atoms with van der Waals surface area (Å²) in [4.78, 5) is 10.6. The molecule has 0 saturated carbocycles. The van der Waals surface area contributed by atoms with Gasteiger partial charge in [0.05, 0.1) is 13.2 Å². The van der Waals surface area contributed by atoms with Crippen molar-refractivity contribution in [2.75, 3.05) is 19.8 Å². The number of rotatable bonds is 1. The Balaban J connectivity index is 0.000000261. The molecule has 4 nitrogen and oxygen atoms in total. The molecule has 0 atom stereocenters. The second-order valence-electron chi connectivity index (χ2n) is 2.61. The Hall–Kier alpha value is -0.610. The van der Waals surface area contributed by atoms with E-state index in [1.165, 1.54) is 6.42 Å². The molecule has 1 heterocycles. The molecule has 0 radical (unpaired) electrons. The fourth-order valence-corrected chi connectivity index (χ4v) is 0.904. The molecular formula is C8H17NO3. The first-order chi connectivity index (χ1) is 5.81. The van der Waals surface area contributed by atoms with E-state index < -0.39 is 0 Å². The van der Waals surface area contributed by atoms with E-state index >= 15 is 0 Å². The van der Waals surface area contributed by atoms with E-state index in [-0.39, 0.29) is 19.1 Å². The minimum absolute atomic E-state index is 0.125. The highest BCUT2D eigenvalue weighted by molar-refractivity contribution is 5.75. The minimum Gasteiger partial charge on any atom is -0.394 e. The zero-order valence-corrected chi connectivity index (χ0v) is 7.25. The van der Waals surface area contributed by atoms with E-state index in [9.17, 15) is 4.79 Å². The monoisotopic (exact) mass is 175 g/mol. The summed E-state index contributed by atoms with van der Waals surface area (Å²) >= 11 is 0. The fourth-order valence-electron chi connectivity index (χ4n) is 0.904. The van der Waals surface area contributed by atoms with Crippen molar-refractivity contribution in [1.82, 2.24) is 5.32 Å². The molecule has 4 heteroatoms. The molecule has 1 amide bonds. The van der Waals surface area contributed by atoms with Crippen molar-refractivity contribution in [3.8, 4) is 0 Å². The van der Waals surface area contributed by atoms with Crippen LogP contribution in [0.25, 0.3) is 0 Å². The van der Waals surface area contributed by atoms with Gasteiger partial charge in [-0.05, 0) is 12.8 Å². The van der Waals surface area contributed by atoms with Crippen LogP contribution in [0.1, 0.15) is 25.7 Å². The minimum atomic E-state index is -0.125. The van der Waals surface area contributed by atoms with E-state index in [1.807, 2.05) is 0 Å². The normalized spacial score (nSPS) is 17.0. The van der Waals surface area contributed by atoms with Gasteiger partial charge in [0.15, 0.2) is 0 Å². The summed E-state index contributed by atoms with van der Waals surface area (Å²) in [5.74, 6) is 0.225. The summed E-state index contributed by atoms with van der Waals surface area (Å²) in [7, 11) is 0. The number of amides is 1. The zero-order chi connectivity index (χ0) is 9.23. The molecule has 0 aromatic heterocycles. The molecule has 0 aromatic carbocycles. The van der Waals surface area contributed by atoms with Gasteiger partial charge in [0.25, 0.3) is 0 Å². The van der Waals surface area contributed by atoms with Gasteiger partial charge in [-0.15, -0.1) is 0 Å². The van der Waals surface area contributed by atoms with Crippen LogP contribution < -0.4 is 5.32 Å². The van der Waals surface area contributed by atoms with Gasteiger partial charge < -0.3 is 15.5 Å². The van der Waals surface area contributed by atoms with Gasteiger partial charge in [-0.25, -0.2) is 0 Å². The summed E-state index contributed by atoms with van der Waals surface area (Å²) < 4.78 is 0. The van der Waals surface area contributed by atoms with Gasteiger partial charge in [-0.1, -0.05) is 6.42 Å². The lowest BCUT2D eigenvalue weighted by Gasteiger charge is -1.93. The molecule has 1 aliphatic rings. The van der Waals surface area contributed by atoms with E-state index in [1.54, 1.807) is 0 Å². The maximum Gasteiger partial charge on any atom is 0.219 e. The molecule has 1 saturated heterocycles. The largest absolute Gasteiger partial charge is 0.394 e. The quantitative estimate of drug-likeness (QED) is 0.510. The first kappa shape index (κ1) is 11.4. The molecule has 0 spiro atoms. The second-order valence-corrected chi connectivity index (χ2v) is 2.61. The Morgan fingerprint density at radius 3 is 2.42 bits per heavy atom. The first-order valence-corrected chi connectivity index (χ1v) is 4.29. The average Bonchev–Trinajstić information content (AvgIpc) is 2.33. The standard InChI is InChI=1S/C6H11NO.C2H6O2/c8-6-4-2-1-3-5-7-6;3-1-2-4/h1-5H2,(H,7,8);3-4H,1-2H2. The molecule has 0 aromatic rings.